The van der Waals surface area contributed by atoms with Gasteiger partial charge in [0.15, 0.2) is 0 Å². The lowest BCUT2D eigenvalue weighted by atomic mass is 9.91. The van der Waals surface area contributed by atoms with E-state index in [1.165, 1.54) is 0 Å². The summed E-state index contributed by atoms with van der Waals surface area (Å²) in [5, 5.41) is 11.7. The average molecular weight is 424 g/mol. The highest BCUT2D eigenvalue weighted by molar-refractivity contribution is 5.84. The van der Waals surface area contributed by atoms with Crippen molar-refractivity contribution in [2.24, 2.45) is 5.92 Å². The number of carboxylic acid groups (broad SMARTS) is 1. The van der Waals surface area contributed by atoms with E-state index in [-0.39, 0.29) is 25.4 Å². The van der Waals surface area contributed by atoms with E-state index in [2.05, 4.69) is 11.9 Å². The predicted octanol–water partition coefficient (Wildman–Crippen LogP) is 4.31. The highest BCUT2D eigenvalue weighted by atomic mass is 16.5. The molecule has 0 aliphatic carbocycles. The van der Waals surface area contributed by atoms with Crippen molar-refractivity contribution in [3.63, 3.8) is 0 Å². The number of carboxylic acids is 1. The molecule has 6 heteroatoms. The summed E-state index contributed by atoms with van der Waals surface area (Å²) in [6.45, 7) is 7.91. The highest BCUT2D eigenvalue weighted by Gasteiger charge is 2.24. The molecule has 0 bridgehead atoms. The van der Waals surface area contributed by atoms with Crippen LogP contribution in [0.5, 0.6) is 0 Å². The van der Waals surface area contributed by atoms with Crippen LogP contribution in [0.15, 0.2) is 61.2 Å². The molecular formula is C25H29NO5. The molecule has 0 aliphatic heterocycles. The second-order valence-corrected chi connectivity index (χ2v) is 7.37. The maximum Gasteiger partial charge on any atom is 0.308 e. The van der Waals surface area contributed by atoms with Crippen LogP contribution in [0, 0.1) is 5.92 Å². The molecule has 1 amide bonds. The zero-order chi connectivity index (χ0) is 22.8. The molecule has 2 rings (SSSR count). The van der Waals surface area contributed by atoms with Crippen LogP contribution in [-0.2, 0) is 19.1 Å². The summed E-state index contributed by atoms with van der Waals surface area (Å²) in [6.07, 6.45) is -0.0962. The Balaban J connectivity index is 2.18. The number of aliphatic carboxylic acids is 1. The minimum absolute atomic E-state index is 0.139. The van der Waals surface area contributed by atoms with Crippen LogP contribution in [0.3, 0.4) is 0 Å². The molecule has 0 unspecified atom stereocenters. The van der Waals surface area contributed by atoms with E-state index in [9.17, 15) is 14.4 Å². The monoisotopic (exact) mass is 423 g/mol. The molecule has 0 heterocycles. The Morgan fingerprint density at radius 2 is 1.61 bits per heavy atom. The van der Waals surface area contributed by atoms with E-state index in [1.807, 2.05) is 54.6 Å². The van der Waals surface area contributed by atoms with Crippen LogP contribution in [-0.4, -0.2) is 35.6 Å². The fraction of sp³-hybridized carbons (Fsp3) is 0.320. The first kappa shape index (κ1) is 23.9. The van der Waals surface area contributed by atoms with E-state index in [0.29, 0.717) is 12.0 Å². The van der Waals surface area contributed by atoms with Gasteiger partial charge in [0.25, 0.3) is 0 Å². The van der Waals surface area contributed by atoms with Crippen LogP contribution < -0.4 is 5.32 Å². The third kappa shape index (κ3) is 7.41. The average Bonchev–Trinajstić information content (AvgIpc) is 2.77. The number of benzene rings is 2. The summed E-state index contributed by atoms with van der Waals surface area (Å²) in [4.78, 5) is 35.1. The van der Waals surface area contributed by atoms with Crippen molar-refractivity contribution in [2.45, 2.75) is 39.2 Å². The molecular weight excluding hydrogens is 394 g/mol. The van der Waals surface area contributed by atoms with E-state index in [0.717, 1.165) is 16.7 Å². The molecule has 2 aromatic carbocycles. The quantitative estimate of drug-likeness (QED) is 0.526. The van der Waals surface area contributed by atoms with Gasteiger partial charge in [-0.3, -0.25) is 14.4 Å². The molecule has 0 fully saturated rings. The maximum atomic E-state index is 12.3. The summed E-state index contributed by atoms with van der Waals surface area (Å²) in [5.41, 5.74) is 3.63. The topological polar surface area (TPSA) is 92.7 Å². The van der Waals surface area contributed by atoms with Gasteiger partial charge in [0.1, 0.15) is 0 Å². The summed E-state index contributed by atoms with van der Waals surface area (Å²) in [6, 6.07) is 17.2. The zero-order valence-corrected chi connectivity index (χ0v) is 18.0. The van der Waals surface area contributed by atoms with Gasteiger partial charge in [-0.2, -0.15) is 0 Å². The van der Waals surface area contributed by atoms with Gasteiger partial charge in [-0.05, 0) is 35.6 Å². The van der Waals surface area contributed by atoms with Crippen molar-refractivity contribution < 1.29 is 24.2 Å². The Bertz CT molecular complexity index is 905. The fourth-order valence-electron chi connectivity index (χ4n) is 3.22. The number of ether oxygens (including phenoxy) is 1. The lowest BCUT2D eigenvalue weighted by molar-refractivity contribution is -0.147. The summed E-state index contributed by atoms with van der Waals surface area (Å²) >= 11 is 0. The van der Waals surface area contributed by atoms with Gasteiger partial charge in [-0.25, -0.2) is 0 Å². The minimum atomic E-state index is -1.04. The Kier molecular flexibility index (Phi) is 9.00. The molecule has 2 N–H and O–H groups in total. The van der Waals surface area contributed by atoms with Crippen LogP contribution in [0.1, 0.15) is 38.7 Å². The number of hydrogen-bond donors (Lipinski definition) is 2. The van der Waals surface area contributed by atoms with Crippen molar-refractivity contribution in [3.05, 3.63) is 66.7 Å². The predicted molar refractivity (Wildman–Crippen MR) is 120 cm³/mol. The SMILES string of the molecule is C=C(c1ccc(-c2ccccc2)cc1)[C@H](C[C@@H](C)C(=O)OCC)NC(=O)CCC(=O)O. The lowest BCUT2D eigenvalue weighted by Crippen LogP contribution is -2.38. The van der Waals surface area contributed by atoms with E-state index < -0.39 is 23.8 Å². The number of amides is 1. The fourth-order valence-corrected chi connectivity index (χ4v) is 3.22. The molecule has 0 spiro atoms. The van der Waals surface area contributed by atoms with Crippen molar-refractivity contribution >= 4 is 23.4 Å². The Labute approximate surface area is 182 Å². The number of carbonyl (C=O) groups is 3. The molecule has 2 aromatic rings. The first-order valence-electron chi connectivity index (χ1n) is 10.3. The molecule has 2 atom stereocenters. The Morgan fingerprint density at radius 3 is 2.19 bits per heavy atom. The summed E-state index contributed by atoms with van der Waals surface area (Å²) in [7, 11) is 0. The van der Waals surface area contributed by atoms with Crippen molar-refractivity contribution in [1.82, 2.24) is 5.32 Å². The number of rotatable bonds is 11. The second-order valence-electron chi connectivity index (χ2n) is 7.37. The van der Waals surface area contributed by atoms with Crippen LogP contribution in [0.25, 0.3) is 16.7 Å². The van der Waals surface area contributed by atoms with Crippen LogP contribution in [0.4, 0.5) is 0 Å². The van der Waals surface area contributed by atoms with Gasteiger partial charge in [-0.15, -0.1) is 0 Å². The third-order valence-corrected chi connectivity index (χ3v) is 4.96. The van der Waals surface area contributed by atoms with Gasteiger partial charge in [0, 0.05) is 6.42 Å². The van der Waals surface area contributed by atoms with Crippen molar-refractivity contribution in [2.75, 3.05) is 6.61 Å². The number of hydrogen-bond acceptors (Lipinski definition) is 4. The number of nitrogens with one attached hydrogen (secondary N) is 1. The second kappa shape index (κ2) is 11.7. The molecule has 0 radical (unpaired) electrons. The molecule has 31 heavy (non-hydrogen) atoms. The van der Waals surface area contributed by atoms with Crippen molar-refractivity contribution in [3.8, 4) is 11.1 Å². The van der Waals surface area contributed by atoms with Crippen LogP contribution in [0.2, 0.25) is 0 Å². The van der Waals surface area contributed by atoms with E-state index >= 15 is 0 Å². The normalized spacial score (nSPS) is 12.5. The number of esters is 1. The summed E-state index contributed by atoms with van der Waals surface area (Å²) in [5.74, 6) is -2.24. The molecule has 0 saturated heterocycles. The Morgan fingerprint density at radius 1 is 1.00 bits per heavy atom. The van der Waals surface area contributed by atoms with E-state index in [4.69, 9.17) is 9.84 Å². The zero-order valence-electron chi connectivity index (χ0n) is 18.0. The molecule has 0 saturated carbocycles. The number of carbonyl (C=O) groups excluding carboxylic acids is 2. The van der Waals surface area contributed by atoms with E-state index in [1.54, 1.807) is 13.8 Å². The lowest BCUT2D eigenvalue weighted by Gasteiger charge is -2.24. The third-order valence-electron chi connectivity index (χ3n) is 4.96. The summed E-state index contributed by atoms with van der Waals surface area (Å²) < 4.78 is 5.08. The van der Waals surface area contributed by atoms with Gasteiger partial charge in [0.05, 0.1) is 25.0 Å². The minimum Gasteiger partial charge on any atom is -0.481 e. The first-order chi connectivity index (χ1) is 14.8. The van der Waals surface area contributed by atoms with Crippen molar-refractivity contribution in [1.29, 1.82) is 0 Å². The largest absolute Gasteiger partial charge is 0.481 e. The Hall–Kier alpha value is -3.41. The van der Waals surface area contributed by atoms with Gasteiger partial charge >= 0.3 is 11.9 Å². The molecule has 0 aromatic heterocycles. The molecule has 0 aliphatic rings. The maximum absolute atomic E-state index is 12.3. The molecule has 6 nitrogen and oxygen atoms in total. The highest BCUT2D eigenvalue weighted by Crippen LogP contribution is 2.26. The smallest absolute Gasteiger partial charge is 0.308 e. The molecule has 164 valence electrons. The van der Waals surface area contributed by atoms with Crippen LogP contribution >= 0.6 is 0 Å². The standard InChI is InChI=1S/C25H29NO5/c1-4-31-25(30)17(2)16-22(26-23(27)14-15-24(28)29)18(3)19-10-12-21(13-11-19)20-8-6-5-7-9-20/h5-13,17,22H,3-4,14-16H2,1-2H3,(H,26,27)(H,28,29)/t17-,22+/m1/s1. The first-order valence-corrected chi connectivity index (χ1v) is 10.3. The van der Waals surface area contributed by atoms with Gasteiger partial charge in [-0.1, -0.05) is 68.1 Å². The van der Waals surface area contributed by atoms with Gasteiger partial charge in [0.2, 0.25) is 5.91 Å². The van der Waals surface area contributed by atoms with Gasteiger partial charge < -0.3 is 15.2 Å².